The lowest BCUT2D eigenvalue weighted by Crippen LogP contribution is -2.15. The van der Waals surface area contributed by atoms with Crippen molar-refractivity contribution in [2.75, 3.05) is 14.2 Å². The minimum absolute atomic E-state index is 0.123. The number of carbonyl (C=O) groups excluding carboxylic acids is 2. The molecule has 0 bridgehead atoms. The zero-order chi connectivity index (χ0) is 21.8. The Kier molecular flexibility index (Phi) is 5.67. The standard InChI is InChI=1S/C26H21NO4/c1-30-25(28)22-21(18-12-6-3-7-13-18)23(19-14-8-4-9-15-19)27(24(22)26(29)31-2)20-16-10-5-11-17-20/h3-17H,1-2H3. The molecule has 31 heavy (non-hydrogen) atoms. The number of methoxy groups -OCH3 is 2. The molecule has 0 radical (unpaired) electrons. The smallest absolute Gasteiger partial charge is 0.355 e. The van der Waals surface area contributed by atoms with Crippen LogP contribution in [0.2, 0.25) is 0 Å². The summed E-state index contributed by atoms with van der Waals surface area (Å²) in [5.74, 6) is -1.23. The summed E-state index contributed by atoms with van der Waals surface area (Å²) in [6.45, 7) is 0. The number of carbonyl (C=O) groups is 2. The van der Waals surface area contributed by atoms with E-state index in [9.17, 15) is 9.59 Å². The molecule has 1 aromatic heterocycles. The average molecular weight is 411 g/mol. The highest BCUT2D eigenvalue weighted by atomic mass is 16.5. The van der Waals surface area contributed by atoms with Crippen molar-refractivity contribution in [2.45, 2.75) is 0 Å². The fraction of sp³-hybridized carbons (Fsp3) is 0.0769. The van der Waals surface area contributed by atoms with Gasteiger partial charge in [0.05, 0.1) is 19.9 Å². The number of hydrogen-bond donors (Lipinski definition) is 0. The molecule has 0 atom stereocenters. The van der Waals surface area contributed by atoms with E-state index in [4.69, 9.17) is 9.47 Å². The molecular formula is C26H21NO4. The van der Waals surface area contributed by atoms with Gasteiger partial charge >= 0.3 is 11.9 Å². The van der Waals surface area contributed by atoms with Gasteiger partial charge in [-0.3, -0.25) is 0 Å². The Morgan fingerprint density at radius 2 is 1.13 bits per heavy atom. The van der Waals surface area contributed by atoms with Crippen molar-refractivity contribution < 1.29 is 19.1 Å². The van der Waals surface area contributed by atoms with Crippen LogP contribution in [-0.2, 0) is 9.47 Å². The van der Waals surface area contributed by atoms with Gasteiger partial charge in [0.25, 0.3) is 0 Å². The molecule has 0 aliphatic carbocycles. The maximum absolute atomic E-state index is 13.0. The van der Waals surface area contributed by atoms with Crippen LogP contribution < -0.4 is 0 Å². The summed E-state index contributed by atoms with van der Waals surface area (Å²) in [4.78, 5) is 26.1. The van der Waals surface area contributed by atoms with E-state index in [1.165, 1.54) is 14.2 Å². The Hall–Kier alpha value is -4.12. The minimum atomic E-state index is -0.622. The van der Waals surface area contributed by atoms with Crippen molar-refractivity contribution in [3.05, 3.63) is 102 Å². The van der Waals surface area contributed by atoms with Crippen LogP contribution in [0.4, 0.5) is 0 Å². The number of esters is 2. The van der Waals surface area contributed by atoms with Gasteiger partial charge in [0.15, 0.2) is 0 Å². The van der Waals surface area contributed by atoms with Gasteiger partial charge in [0.1, 0.15) is 11.3 Å². The van der Waals surface area contributed by atoms with Gasteiger partial charge in [-0.25, -0.2) is 9.59 Å². The molecule has 1 heterocycles. The monoisotopic (exact) mass is 411 g/mol. The largest absolute Gasteiger partial charge is 0.465 e. The highest BCUT2D eigenvalue weighted by Crippen LogP contribution is 2.41. The summed E-state index contributed by atoms with van der Waals surface area (Å²) >= 11 is 0. The lowest BCUT2D eigenvalue weighted by atomic mass is 9.97. The van der Waals surface area contributed by atoms with Crippen LogP contribution in [0.5, 0.6) is 0 Å². The van der Waals surface area contributed by atoms with Gasteiger partial charge in [-0.1, -0.05) is 78.9 Å². The second-order valence-electron chi connectivity index (χ2n) is 6.83. The molecule has 3 aromatic carbocycles. The van der Waals surface area contributed by atoms with Crippen LogP contribution in [0.3, 0.4) is 0 Å². The quantitative estimate of drug-likeness (QED) is 0.414. The van der Waals surface area contributed by atoms with Crippen LogP contribution in [0.1, 0.15) is 20.8 Å². The third kappa shape index (κ3) is 3.62. The molecule has 0 saturated heterocycles. The van der Waals surface area contributed by atoms with E-state index in [2.05, 4.69) is 0 Å². The van der Waals surface area contributed by atoms with Gasteiger partial charge < -0.3 is 14.0 Å². The minimum Gasteiger partial charge on any atom is -0.465 e. The maximum atomic E-state index is 13.0. The molecule has 4 rings (SSSR count). The first-order chi connectivity index (χ1) is 15.2. The molecule has 0 N–H and O–H groups in total. The first kappa shape index (κ1) is 20.2. The van der Waals surface area contributed by atoms with Crippen molar-refractivity contribution in [1.29, 1.82) is 0 Å². The van der Waals surface area contributed by atoms with Gasteiger partial charge in [-0.05, 0) is 23.3 Å². The zero-order valence-electron chi connectivity index (χ0n) is 17.2. The average Bonchev–Trinajstić information content (AvgIpc) is 3.21. The van der Waals surface area contributed by atoms with Crippen LogP contribution in [0, 0.1) is 0 Å². The number of ether oxygens (including phenoxy) is 2. The van der Waals surface area contributed by atoms with Crippen molar-refractivity contribution in [1.82, 2.24) is 4.57 Å². The van der Waals surface area contributed by atoms with E-state index < -0.39 is 11.9 Å². The Bertz CT molecular complexity index is 1140. The summed E-state index contributed by atoms with van der Waals surface area (Å²) in [7, 11) is 2.61. The second-order valence-corrected chi connectivity index (χ2v) is 6.83. The Morgan fingerprint density at radius 1 is 0.645 bits per heavy atom. The van der Waals surface area contributed by atoms with E-state index >= 15 is 0 Å². The molecule has 0 aliphatic heterocycles. The molecule has 5 nitrogen and oxygen atoms in total. The lowest BCUT2D eigenvalue weighted by molar-refractivity contribution is 0.0550. The molecule has 5 heteroatoms. The van der Waals surface area contributed by atoms with Crippen LogP contribution >= 0.6 is 0 Å². The predicted molar refractivity (Wildman–Crippen MR) is 119 cm³/mol. The van der Waals surface area contributed by atoms with Crippen molar-refractivity contribution in [3.63, 3.8) is 0 Å². The number of rotatable bonds is 5. The highest BCUT2D eigenvalue weighted by Gasteiger charge is 2.34. The summed E-state index contributed by atoms with van der Waals surface area (Å²) in [5, 5.41) is 0. The van der Waals surface area contributed by atoms with Crippen LogP contribution in [0.25, 0.3) is 28.1 Å². The highest BCUT2D eigenvalue weighted by molar-refractivity contribution is 6.11. The normalized spacial score (nSPS) is 10.5. The summed E-state index contributed by atoms with van der Waals surface area (Å²) in [5.41, 5.74) is 3.99. The fourth-order valence-electron chi connectivity index (χ4n) is 3.75. The third-order valence-corrected chi connectivity index (χ3v) is 5.06. The zero-order valence-corrected chi connectivity index (χ0v) is 17.2. The summed E-state index contributed by atoms with van der Waals surface area (Å²) < 4.78 is 12.0. The van der Waals surface area contributed by atoms with Crippen LogP contribution in [0.15, 0.2) is 91.0 Å². The molecule has 0 fully saturated rings. The predicted octanol–water partition coefficient (Wildman–Crippen LogP) is 5.38. The number of aromatic nitrogens is 1. The molecule has 0 saturated carbocycles. The first-order valence-corrected chi connectivity index (χ1v) is 9.79. The topological polar surface area (TPSA) is 57.5 Å². The van der Waals surface area contributed by atoms with Gasteiger partial charge in [-0.2, -0.15) is 0 Å². The molecule has 154 valence electrons. The maximum Gasteiger partial charge on any atom is 0.355 e. The van der Waals surface area contributed by atoms with Gasteiger partial charge in [0.2, 0.25) is 0 Å². The Labute approximate surface area is 180 Å². The van der Waals surface area contributed by atoms with Gasteiger partial charge in [0, 0.05) is 11.3 Å². The van der Waals surface area contributed by atoms with E-state index in [0.717, 1.165) is 16.8 Å². The number of para-hydroxylation sites is 1. The van der Waals surface area contributed by atoms with E-state index in [1.807, 2.05) is 91.0 Å². The Morgan fingerprint density at radius 3 is 1.65 bits per heavy atom. The van der Waals surface area contributed by atoms with E-state index in [1.54, 1.807) is 4.57 Å². The van der Waals surface area contributed by atoms with Gasteiger partial charge in [-0.15, -0.1) is 0 Å². The van der Waals surface area contributed by atoms with E-state index in [-0.39, 0.29) is 11.3 Å². The fourth-order valence-corrected chi connectivity index (χ4v) is 3.75. The number of nitrogens with zero attached hydrogens (tertiary/aromatic N) is 1. The third-order valence-electron chi connectivity index (χ3n) is 5.06. The molecule has 0 aliphatic rings. The molecule has 0 unspecified atom stereocenters. The number of hydrogen-bond acceptors (Lipinski definition) is 4. The second kappa shape index (κ2) is 8.71. The molecule has 4 aromatic rings. The van der Waals surface area contributed by atoms with Crippen LogP contribution in [-0.4, -0.2) is 30.7 Å². The van der Waals surface area contributed by atoms with Crippen molar-refractivity contribution in [2.24, 2.45) is 0 Å². The Balaban J connectivity index is 2.24. The number of benzene rings is 3. The van der Waals surface area contributed by atoms with E-state index in [0.29, 0.717) is 11.3 Å². The molecule has 0 amide bonds. The first-order valence-electron chi connectivity index (χ1n) is 9.79. The summed E-state index contributed by atoms with van der Waals surface area (Å²) in [6.07, 6.45) is 0. The van der Waals surface area contributed by atoms with Crippen molar-refractivity contribution >= 4 is 11.9 Å². The summed E-state index contributed by atoms with van der Waals surface area (Å²) in [6, 6.07) is 28.6. The molecule has 0 spiro atoms. The SMILES string of the molecule is COC(=O)c1c(-c2ccccc2)c(-c2ccccc2)n(-c2ccccc2)c1C(=O)OC. The lowest BCUT2D eigenvalue weighted by Gasteiger charge is -2.14. The van der Waals surface area contributed by atoms with Crippen molar-refractivity contribution in [3.8, 4) is 28.1 Å². The molecular weight excluding hydrogens is 390 g/mol.